The Kier molecular flexibility index (Phi) is 2.34. The fraction of sp³-hybridized carbons (Fsp3) is 0.429. The van der Waals surface area contributed by atoms with Crippen LogP contribution >= 0.6 is 22.9 Å². The highest BCUT2D eigenvalue weighted by atomic mass is 35.5. The second-order valence-electron chi connectivity index (χ2n) is 2.09. The molecule has 1 heterocycles. The van der Waals surface area contributed by atoms with E-state index in [0.29, 0.717) is 6.42 Å². The van der Waals surface area contributed by atoms with Gasteiger partial charge in [-0.2, -0.15) is 0 Å². The molecule has 3 heteroatoms. The van der Waals surface area contributed by atoms with Gasteiger partial charge in [0.25, 0.3) is 0 Å². The highest BCUT2D eigenvalue weighted by Crippen LogP contribution is 2.32. The molecule has 0 aliphatic carbocycles. The second kappa shape index (κ2) is 2.91. The molecular weight excluding hydrogens is 168 g/mol. The van der Waals surface area contributed by atoms with Gasteiger partial charge in [-0.05, 0) is 17.9 Å². The maximum atomic E-state index is 9.46. The lowest BCUT2D eigenvalue weighted by Gasteiger charge is -2.15. The average Bonchev–Trinajstić information content (AvgIpc) is 2.38. The fourth-order valence-electron chi connectivity index (χ4n) is 0.671. The Labute approximate surface area is 69.3 Å². The molecular formula is C7H9ClOS. The van der Waals surface area contributed by atoms with E-state index < -0.39 is 5.06 Å². The zero-order valence-electron chi connectivity index (χ0n) is 5.67. The predicted octanol–water partition coefficient (Wildman–Crippen LogP) is 2.54. The molecule has 0 unspecified atom stereocenters. The van der Waals surface area contributed by atoms with E-state index in [1.807, 2.05) is 24.4 Å². The van der Waals surface area contributed by atoms with Crippen molar-refractivity contribution in [1.82, 2.24) is 0 Å². The van der Waals surface area contributed by atoms with Gasteiger partial charge in [-0.25, -0.2) is 0 Å². The van der Waals surface area contributed by atoms with Crippen LogP contribution in [-0.2, 0) is 5.06 Å². The van der Waals surface area contributed by atoms with E-state index in [2.05, 4.69) is 0 Å². The second-order valence-corrected chi connectivity index (χ2v) is 3.66. The van der Waals surface area contributed by atoms with E-state index in [1.165, 1.54) is 11.3 Å². The minimum atomic E-state index is -1.14. The van der Waals surface area contributed by atoms with E-state index in [9.17, 15) is 5.11 Å². The molecule has 0 aliphatic rings. The van der Waals surface area contributed by atoms with Gasteiger partial charge in [0.1, 0.15) is 0 Å². The van der Waals surface area contributed by atoms with Crippen molar-refractivity contribution < 1.29 is 5.11 Å². The van der Waals surface area contributed by atoms with Crippen LogP contribution in [0, 0.1) is 0 Å². The molecule has 0 fully saturated rings. The molecule has 1 aromatic rings. The summed E-state index contributed by atoms with van der Waals surface area (Å²) in [5.74, 6) is 0. The normalized spacial score (nSPS) is 16.7. The number of aliphatic hydroxyl groups is 1. The minimum absolute atomic E-state index is 0.537. The fourth-order valence-corrected chi connectivity index (χ4v) is 1.65. The van der Waals surface area contributed by atoms with Crippen molar-refractivity contribution >= 4 is 22.9 Å². The summed E-state index contributed by atoms with van der Waals surface area (Å²) in [4.78, 5) is 0.816. The van der Waals surface area contributed by atoms with Crippen LogP contribution in [0.1, 0.15) is 18.2 Å². The summed E-state index contributed by atoms with van der Waals surface area (Å²) < 4.78 is 0. The molecule has 0 aromatic carbocycles. The van der Waals surface area contributed by atoms with Crippen LogP contribution in [0.15, 0.2) is 17.5 Å². The number of halogens is 1. The van der Waals surface area contributed by atoms with Gasteiger partial charge in [0.05, 0.1) is 4.88 Å². The highest BCUT2D eigenvalue weighted by molar-refractivity contribution is 7.10. The van der Waals surface area contributed by atoms with Crippen LogP contribution in [0.2, 0.25) is 0 Å². The zero-order chi connectivity index (χ0) is 7.61. The highest BCUT2D eigenvalue weighted by Gasteiger charge is 2.23. The van der Waals surface area contributed by atoms with Crippen LogP contribution in [0.4, 0.5) is 0 Å². The summed E-state index contributed by atoms with van der Waals surface area (Å²) in [6.45, 7) is 1.85. The Morgan fingerprint density at radius 3 is 2.90 bits per heavy atom. The van der Waals surface area contributed by atoms with E-state index in [1.54, 1.807) is 0 Å². The van der Waals surface area contributed by atoms with Gasteiger partial charge in [-0.3, -0.25) is 0 Å². The number of rotatable bonds is 2. The van der Waals surface area contributed by atoms with Crippen molar-refractivity contribution in [2.75, 3.05) is 0 Å². The lowest BCUT2D eigenvalue weighted by molar-refractivity contribution is 0.128. The molecule has 0 spiro atoms. The van der Waals surface area contributed by atoms with Gasteiger partial charge in [-0.1, -0.05) is 24.6 Å². The molecule has 0 bridgehead atoms. The Bertz CT molecular complexity index is 193. The lowest BCUT2D eigenvalue weighted by atomic mass is 10.2. The topological polar surface area (TPSA) is 20.2 Å². The first kappa shape index (κ1) is 8.05. The molecule has 0 radical (unpaired) electrons. The van der Waals surface area contributed by atoms with Crippen molar-refractivity contribution in [3.8, 4) is 0 Å². The largest absolute Gasteiger partial charge is 0.370 e. The van der Waals surface area contributed by atoms with Gasteiger partial charge in [0, 0.05) is 0 Å². The zero-order valence-corrected chi connectivity index (χ0v) is 7.25. The molecule has 0 saturated carbocycles. The van der Waals surface area contributed by atoms with Crippen molar-refractivity contribution in [1.29, 1.82) is 0 Å². The first-order chi connectivity index (χ1) is 4.67. The molecule has 1 nitrogen and oxygen atoms in total. The molecule has 0 aliphatic heterocycles. The number of hydrogen-bond acceptors (Lipinski definition) is 2. The standard InChI is InChI=1S/C7H9ClOS/c1-2-7(8,9)6-4-3-5-10-6/h3-5,9H,2H2,1H3/t7-/m1/s1. The van der Waals surface area contributed by atoms with Gasteiger partial charge < -0.3 is 5.11 Å². The molecule has 0 amide bonds. The first-order valence-corrected chi connectivity index (χ1v) is 4.38. The van der Waals surface area contributed by atoms with E-state index in [-0.39, 0.29) is 0 Å². The van der Waals surface area contributed by atoms with Crippen LogP contribution in [0.25, 0.3) is 0 Å². The number of thiophene rings is 1. The third-order valence-electron chi connectivity index (χ3n) is 1.37. The van der Waals surface area contributed by atoms with Crippen LogP contribution in [0.5, 0.6) is 0 Å². The van der Waals surface area contributed by atoms with E-state index in [4.69, 9.17) is 11.6 Å². The lowest BCUT2D eigenvalue weighted by Crippen LogP contribution is -2.13. The Hall–Kier alpha value is -0.0500. The summed E-state index contributed by atoms with van der Waals surface area (Å²) >= 11 is 7.23. The molecule has 1 aromatic heterocycles. The molecule has 56 valence electrons. The molecule has 1 rings (SSSR count). The maximum absolute atomic E-state index is 9.46. The SMILES string of the molecule is CC[C@](O)(Cl)c1cccs1. The van der Waals surface area contributed by atoms with Crippen molar-refractivity contribution in [2.24, 2.45) is 0 Å². The Morgan fingerprint density at radius 1 is 1.80 bits per heavy atom. The van der Waals surface area contributed by atoms with Gasteiger partial charge in [-0.15, -0.1) is 11.3 Å². The Balaban J connectivity index is 2.85. The molecule has 10 heavy (non-hydrogen) atoms. The van der Waals surface area contributed by atoms with Crippen LogP contribution in [-0.4, -0.2) is 5.11 Å². The monoisotopic (exact) mass is 176 g/mol. The summed E-state index contributed by atoms with van der Waals surface area (Å²) in [7, 11) is 0. The summed E-state index contributed by atoms with van der Waals surface area (Å²) in [5, 5.41) is 10.2. The molecule has 0 saturated heterocycles. The van der Waals surface area contributed by atoms with Crippen molar-refractivity contribution in [3.63, 3.8) is 0 Å². The smallest absolute Gasteiger partial charge is 0.173 e. The maximum Gasteiger partial charge on any atom is 0.173 e. The quantitative estimate of drug-likeness (QED) is 0.687. The Morgan fingerprint density at radius 2 is 2.50 bits per heavy atom. The van der Waals surface area contributed by atoms with Crippen molar-refractivity contribution in [3.05, 3.63) is 22.4 Å². The molecule has 1 N–H and O–H groups in total. The number of alkyl halides is 1. The minimum Gasteiger partial charge on any atom is -0.370 e. The molecule has 1 atom stereocenters. The predicted molar refractivity (Wildman–Crippen MR) is 44.4 cm³/mol. The summed E-state index contributed by atoms with van der Waals surface area (Å²) in [5.41, 5.74) is 0. The van der Waals surface area contributed by atoms with Crippen LogP contribution in [0.3, 0.4) is 0 Å². The third-order valence-corrected chi connectivity index (χ3v) is 2.97. The van der Waals surface area contributed by atoms with Crippen molar-refractivity contribution in [2.45, 2.75) is 18.4 Å². The van der Waals surface area contributed by atoms with Gasteiger partial charge in [0.15, 0.2) is 5.06 Å². The average molecular weight is 177 g/mol. The van der Waals surface area contributed by atoms with E-state index in [0.717, 1.165) is 4.88 Å². The van der Waals surface area contributed by atoms with E-state index >= 15 is 0 Å². The summed E-state index contributed by atoms with van der Waals surface area (Å²) in [6.07, 6.45) is 0.537. The third kappa shape index (κ3) is 1.51. The summed E-state index contributed by atoms with van der Waals surface area (Å²) in [6, 6.07) is 3.71. The number of hydrogen-bond donors (Lipinski definition) is 1. The van der Waals surface area contributed by atoms with Crippen LogP contribution < -0.4 is 0 Å². The van der Waals surface area contributed by atoms with Gasteiger partial charge in [0.2, 0.25) is 0 Å². The first-order valence-electron chi connectivity index (χ1n) is 3.12. The van der Waals surface area contributed by atoms with Gasteiger partial charge >= 0.3 is 0 Å².